The number of benzene rings is 1. The van der Waals surface area contributed by atoms with E-state index in [1.54, 1.807) is 12.3 Å². The molecule has 0 saturated carbocycles. The first-order valence-electron chi connectivity index (χ1n) is 6.90. The van der Waals surface area contributed by atoms with Crippen molar-refractivity contribution < 1.29 is 13.7 Å². The molecule has 1 aliphatic rings. The first kappa shape index (κ1) is 14.3. The molecule has 0 atom stereocenters. The molecule has 0 aliphatic carbocycles. The number of nitrogens with zero attached hydrogens (tertiary/aromatic N) is 1. The number of aromatic nitrogens is 1. The van der Waals surface area contributed by atoms with Crippen LogP contribution in [0.3, 0.4) is 0 Å². The predicted octanol–water partition coefficient (Wildman–Crippen LogP) is 2.26. The number of nitrogen functional groups attached to an aromatic ring is 1. The SMILES string of the molecule is CC1(C)OB(c2cnc(N)c3cc(F)ccc23)OC1(C)C. The Balaban J connectivity index is 2.13. The van der Waals surface area contributed by atoms with Gasteiger partial charge >= 0.3 is 7.12 Å². The Hall–Kier alpha value is -1.66. The predicted molar refractivity (Wildman–Crippen MR) is 81.8 cm³/mol. The van der Waals surface area contributed by atoms with Crippen molar-refractivity contribution in [2.75, 3.05) is 5.73 Å². The van der Waals surface area contributed by atoms with Crippen molar-refractivity contribution in [3.63, 3.8) is 0 Å². The molecule has 0 radical (unpaired) electrons. The summed E-state index contributed by atoms with van der Waals surface area (Å²) in [6.07, 6.45) is 1.64. The third-order valence-electron chi connectivity index (χ3n) is 4.42. The summed E-state index contributed by atoms with van der Waals surface area (Å²) in [4.78, 5) is 4.14. The molecular formula is C15H18BFN2O2. The maximum absolute atomic E-state index is 13.4. The lowest BCUT2D eigenvalue weighted by Crippen LogP contribution is -2.41. The molecule has 21 heavy (non-hydrogen) atoms. The maximum Gasteiger partial charge on any atom is 0.497 e. The van der Waals surface area contributed by atoms with Crippen LogP contribution in [-0.2, 0) is 9.31 Å². The van der Waals surface area contributed by atoms with Crippen molar-refractivity contribution in [1.29, 1.82) is 0 Å². The zero-order chi connectivity index (χ0) is 15.4. The molecule has 0 amide bonds. The van der Waals surface area contributed by atoms with Crippen LogP contribution in [0.25, 0.3) is 10.8 Å². The minimum absolute atomic E-state index is 0.296. The van der Waals surface area contributed by atoms with Crippen LogP contribution in [-0.4, -0.2) is 23.3 Å². The van der Waals surface area contributed by atoms with Crippen molar-refractivity contribution in [2.24, 2.45) is 0 Å². The molecule has 3 rings (SSSR count). The van der Waals surface area contributed by atoms with E-state index in [-0.39, 0.29) is 5.82 Å². The number of hydrogen-bond acceptors (Lipinski definition) is 4. The van der Waals surface area contributed by atoms with E-state index in [2.05, 4.69) is 4.98 Å². The summed E-state index contributed by atoms with van der Waals surface area (Å²) < 4.78 is 25.5. The van der Waals surface area contributed by atoms with Gasteiger partial charge in [-0.25, -0.2) is 9.37 Å². The van der Waals surface area contributed by atoms with Crippen LogP contribution in [0.15, 0.2) is 24.4 Å². The summed E-state index contributed by atoms with van der Waals surface area (Å²) in [6.45, 7) is 7.94. The third kappa shape index (κ3) is 2.19. The van der Waals surface area contributed by atoms with Gasteiger partial charge in [-0.3, -0.25) is 0 Å². The lowest BCUT2D eigenvalue weighted by Gasteiger charge is -2.32. The van der Waals surface area contributed by atoms with E-state index in [0.29, 0.717) is 11.2 Å². The van der Waals surface area contributed by atoms with Crippen LogP contribution in [0.5, 0.6) is 0 Å². The van der Waals surface area contributed by atoms with Gasteiger partial charge < -0.3 is 15.0 Å². The normalized spacial score (nSPS) is 20.1. The Kier molecular flexibility index (Phi) is 3.01. The van der Waals surface area contributed by atoms with Gasteiger partial charge in [0, 0.05) is 17.0 Å². The van der Waals surface area contributed by atoms with Crippen LogP contribution < -0.4 is 11.2 Å². The van der Waals surface area contributed by atoms with Gasteiger partial charge in [-0.1, -0.05) is 6.07 Å². The minimum atomic E-state index is -0.545. The van der Waals surface area contributed by atoms with Crippen molar-refractivity contribution in [3.8, 4) is 0 Å². The summed E-state index contributed by atoms with van der Waals surface area (Å²) >= 11 is 0. The molecule has 2 N–H and O–H groups in total. The van der Waals surface area contributed by atoms with Gasteiger partial charge in [0.2, 0.25) is 0 Å². The molecule has 0 unspecified atom stereocenters. The van der Waals surface area contributed by atoms with E-state index < -0.39 is 18.3 Å². The molecule has 110 valence electrons. The Morgan fingerprint density at radius 3 is 2.33 bits per heavy atom. The Morgan fingerprint density at radius 2 is 1.71 bits per heavy atom. The second kappa shape index (κ2) is 4.42. The highest BCUT2D eigenvalue weighted by Gasteiger charge is 2.52. The lowest BCUT2D eigenvalue weighted by atomic mass is 9.77. The average Bonchev–Trinajstić information content (AvgIpc) is 2.59. The smallest absolute Gasteiger partial charge is 0.399 e. The second-order valence-corrected chi connectivity index (χ2v) is 6.38. The van der Waals surface area contributed by atoms with Gasteiger partial charge in [0.05, 0.1) is 11.2 Å². The van der Waals surface area contributed by atoms with E-state index in [1.165, 1.54) is 12.1 Å². The van der Waals surface area contributed by atoms with E-state index in [9.17, 15) is 4.39 Å². The Bertz CT molecular complexity index is 702. The fourth-order valence-electron chi connectivity index (χ4n) is 2.42. The minimum Gasteiger partial charge on any atom is -0.399 e. The molecule has 2 aromatic rings. The molecule has 2 heterocycles. The fraction of sp³-hybridized carbons (Fsp3) is 0.400. The lowest BCUT2D eigenvalue weighted by molar-refractivity contribution is 0.00578. The summed E-state index contributed by atoms with van der Waals surface area (Å²) in [7, 11) is -0.545. The molecule has 4 nitrogen and oxygen atoms in total. The quantitative estimate of drug-likeness (QED) is 0.818. The molecular weight excluding hydrogens is 270 g/mol. The zero-order valence-electron chi connectivity index (χ0n) is 12.6. The van der Waals surface area contributed by atoms with Crippen molar-refractivity contribution >= 4 is 29.2 Å². The number of halogens is 1. The van der Waals surface area contributed by atoms with E-state index >= 15 is 0 Å². The highest BCUT2D eigenvalue weighted by Crippen LogP contribution is 2.37. The molecule has 6 heteroatoms. The van der Waals surface area contributed by atoms with Crippen molar-refractivity contribution in [1.82, 2.24) is 4.98 Å². The standard InChI is InChI=1S/C15H18BFN2O2/c1-14(2)15(3,4)21-16(20-14)12-8-19-13(18)11-7-9(17)5-6-10(11)12/h5-8H,1-4H3,(H2,18,19). The van der Waals surface area contributed by atoms with E-state index in [1.807, 2.05) is 27.7 Å². The third-order valence-corrected chi connectivity index (χ3v) is 4.42. The topological polar surface area (TPSA) is 57.4 Å². The molecule has 1 aliphatic heterocycles. The van der Waals surface area contributed by atoms with Gasteiger partial charge in [-0.15, -0.1) is 0 Å². The summed E-state index contributed by atoms with van der Waals surface area (Å²) in [5.74, 6) is -0.0492. The monoisotopic (exact) mass is 288 g/mol. The highest BCUT2D eigenvalue weighted by molar-refractivity contribution is 6.65. The van der Waals surface area contributed by atoms with Crippen LogP contribution in [0.1, 0.15) is 27.7 Å². The van der Waals surface area contributed by atoms with Gasteiger partial charge in [-0.05, 0) is 45.2 Å². The van der Waals surface area contributed by atoms with Gasteiger partial charge in [0.1, 0.15) is 11.6 Å². The van der Waals surface area contributed by atoms with E-state index in [0.717, 1.165) is 10.8 Å². The average molecular weight is 288 g/mol. The van der Waals surface area contributed by atoms with Crippen LogP contribution in [0, 0.1) is 5.82 Å². The Labute approximate surface area is 123 Å². The van der Waals surface area contributed by atoms with Crippen LogP contribution in [0.2, 0.25) is 0 Å². The number of pyridine rings is 1. The van der Waals surface area contributed by atoms with Crippen LogP contribution >= 0.6 is 0 Å². The summed E-state index contributed by atoms with van der Waals surface area (Å²) in [5, 5.41) is 1.37. The molecule has 1 saturated heterocycles. The number of fused-ring (bicyclic) bond motifs is 1. The van der Waals surface area contributed by atoms with Crippen LogP contribution in [0.4, 0.5) is 10.2 Å². The second-order valence-electron chi connectivity index (χ2n) is 6.38. The van der Waals surface area contributed by atoms with Gasteiger partial charge in [0.15, 0.2) is 0 Å². The first-order valence-corrected chi connectivity index (χ1v) is 6.90. The summed E-state index contributed by atoms with van der Waals surface area (Å²) in [5.41, 5.74) is 5.72. The molecule has 0 bridgehead atoms. The fourth-order valence-corrected chi connectivity index (χ4v) is 2.42. The van der Waals surface area contributed by atoms with Gasteiger partial charge in [0.25, 0.3) is 0 Å². The molecule has 0 spiro atoms. The number of anilines is 1. The Morgan fingerprint density at radius 1 is 1.10 bits per heavy atom. The molecule has 1 fully saturated rings. The molecule has 1 aromatic carbocycles. The number of hydrogen-bond donors (Lipinski definition) is 1. The number of rotatable bonds is 1. The first-order chi connectivity index (χ1) is 9.71. The van der Waals surface area contributed by atoms with E-state index in [4.69, 9.17) is 15.0 Å². The maximum atomic E-state index is 13.4. The molecule has 1 aromatic heterocycles. The van der Waals surface area contributed by atoms with Crippen molar-refractivity contribution in [3.05, 3.63) is 30.2 Å². The number of nitrogens with two attached hydrogens (primary N) is 1. The largest absolute Gasteiger partial charge is 0.497 e. The highest BCUT2D eigenvalue weighted by atomic mass is 19.1. The van der Waals surface area contributed by atoms with Crippen molar-refractivity contribution in [2.45, 2.75) is 38.9 Å². The van der Waals surface area contributed by atoms with Gasteiger partial charge in [-0.2, -0.15) is 0 Å². The zero-order valence-corrected chi connectivity index (χ0v) is 12.6. The summed E-state index contributed by atoms with van der Waals surface area (Å²) in [6, 6.07) is 4.46.